The minimum absolute atomic E-state index is 0.146. The minimum Gasteiger partial charge on any atom is -0.462 e. The van der Waals surface area contributed by atoms with Crippen molar-refractivity contribution < 1.29 is 19.1 Å². The van der Waals surface area contributed by atoms with Gasteiger partial charge in [0.15, 0.2) is 0 Å². The van der Waals surface area contributed by atoms with E-state index in [1.54, 1.807) is 42.5 Å². The summed E-state index contributed by atoms with van der Waals surface area (Å²) < 4.78 is 10.7. The largest absolute Gasteiger partial charge is 0.462 e. The number of rotatable bonds is 4. The Morgan fingerprint density at radius 1 is 0.917 bits per heavy atom. The number of benzene rings is 2. The molecule has 0 bridgehead atoms. The Hall–Kier alpha value is -2.62. The van der Waals surface area contributed by atoms with Crippen molar-refractivity contribution in [1.29, 1.82) is 0 Å². The molecule has 0 N–H and O–H groups in total. The fourth-order valence-electron chi connectivity index (χ4n) is 2.04. The maximum absolute atomic E-state index is 12.4. The zero-order valence-corrected chi connectivity index (χ0v) is 14.5. The zero-order chi connectivity index (χ0) is 17.7. The number of hydrogen-bond donors (Lipinski definition) is 0. The van der Waals surface area contributed by atoms with Crippen LogP contribution in [0.4, 0.5) is 0 Å². The summed E-state index contributed by atoms with van der Waals surface area (Å²) in [6.07, 6.45) is 0. The van der Waals surface area contributed by atoms with Crippen LogP contribution in [0, 0.1) is 12.3 Å². The molecular weight excluding hydrogens is 304 g/mol. The summed E-state index contributed by atoms with van der Waals surface area (Å²) in [5, 5.41) is 0. The number of carbonyl (C=O) groups excluding carboxylic acids is 2. The molecule has 0 heterocycles. The van der Waals surface area contributed by atoms with Crippen molar-refractivity contribution in [3.63, 3.8) is 0 Å². The molecule has 0 fully saturated rings. The van der Waals surface area contributed by atoms with Gasteiger partial charge in [-0.05, 0) is 42.2 Å². The van der Waals surface area contributed by atoms with Crippen molar-refractivity contribution in [2.75, 3.05) is 6.61 Å². The third-order valence-corrected chi connectivity index (χ3v) is 3.20. The Labute approximate surface area is 142 Å². The van der Waals surface area contributed by atoms with Crippen LogP contribution in [0.1, 0.15) is 47.1 Å². The Kier molecular flexibility index (Phi) is 5.39. The minimum atomic E-state index is -0.580. The van der Waals surface area contributed by atoms with Gasteiger partial charge in [0, 0.05) is 0 Å². The Bertz CT molecular complexity index is 741. The summed E-state index contributed by atoms with van der Waals surface area (Å²) in [5.74, 6) is -0.663. The van der Waals surface area contributed by atoms with Gasteiger partial charge in [0.1, 0.15) is 5.75 Å². The SMILES string of the molecule is Cc1cccc(OC(=O)c2ccccc2C(=O)OCC(C)(C)C)c1. The van der Waals surface area contributed by atoms with Crippen LogP contribution in [0.2, 0.25) is 0 Å². The lowest BCUT2D eigenvalue weighted by atomic mass is 9.98. The molecular formula is C20H22O4. The zero-order valence-electron chi connectivity index (χ0n) is 14.5. The van der Waals surface area contributed by atoms with Crippen molar-refractivity contribution in [3.8, 4) is 5.75 Å². The maximum Gasteiger partial charge on any atom is 0.344 e. The quantitative estimate of drug-likeness (QED) is 0.616. The molecule has 0 saturated carbocycles. The van der Waals surface area contributed by atoms with Gasteiger partial charge in [0.05, 0.1) is 17.7 Å². The van der Waals surface area contributed by atoms with E-state index in [9.17, 15) is 9.59 Å². The number of carbonyl (C=O) groups is 2. The van der Waals surface area contributed by atoms with Crippen LogP contribution in [0.3, 0.4) is 0 Å². The standard InChI is InChI=1S/C20H22O4/c1-14-8-7-9-15(12-14)24-19(22)17-11-6-5-10-16(17)18(21)23-13-20(2,3)4/h5-12H,13H2,1-4H3. The molecule has 126 valence electrons. The van der Waals surface area contributed by atoms with Crippen molar-refractivity contribution in [3.05, 3.63) is 65.2 Å². The average molecular weight is 326 g/mol. The van der Waals surface area contributed by atoms with Crippen LogP contribution in [-0.2, 0) is 4.74 Å². The van der Waals surface area contributed by atoms with Crippen LogP contribution < -0.4 is 4.74 Å². The van der Waals surface area contributed by atoms with Crippen LogP contribution in [0.5, 0.6) is 5.75 Å². The second kappa shape index (κ2) is 7.30. The summed E-state index contributed by atoms with van der Waals surface area (Å²) in [6, 6.07) is 13.7. The summed E-state index contributed by atoms with van der Waals surface area (Å²) in [5.41, 5.74) is 1.24. The smallest absolute Gasteiger partial charge is 0.344 e. The molecule has 0 unspecified atom stereocenters. The van der Waals surface area contributed by atoms with Crippen molar-refractivity contribution in [1.82, 2.24) is 0 Å². The summed E-state index contributed by atoms with van der Waals surface area (Å²) in [7, 11) is 0. The van der Waals surface area contributed by atoms with Crippen LogP contribution in [0.15, 0.2) is 48.5 Å². The van der Waals surface area contributed by atoms with Gasteiger partial charge in [-0.1, -0.05) is 45.0 Å². The molecule has 0 aliphatic heterocycles. The molecule has 0 aliphatic rings. The predicted octanol–water partition coefficient (Wildman–Crippen LogP) is 4.42. The third kappa shape index (κ3) is 4.95. The fourth-order valence-corrected chi connectivity index (χ4v) is 2.04. The molecule has 0 radical (unpaired) electrons. The molecule has 0 atom stereocenters. The summed E-state index contributed by atoms with van der Waals surface area (Å²) in [4.78, 5) is 24.7. The lowest BCUT2D eigenvalue weighted by Gasteiger charge is -2.18. The van der Waals surface area contributed by atoms with Crippen LogP contribution >= 0.6 is 0 Å². The van der Waals surface area contributed by atoms with Crippen molar-refractivity contribution in [2.45, 2.75) is 27.7 Å². The van der Waals surface area contributed by atoms with E-state index in [1.165, 1.54) is 0 Å². The lowest BCUT2D eigenvalue weighted by molar-refractivity contribution is 0.0362. The maximum atomic E-state index is 12.4. The predicted molar refractivity (Wildman–Crippen MR) is 92.3 cm³/mol. The Balaban J connectivity index is 2.18. The molecule has 0 saturated heterocycles. The molecule has 0 aromatic heterocycles. The highest BCUT2D eigenvalue weighted by Crippen LogP contribution is 2.19. The van der Waals surface area contributed by atoms with Gasteiger partial charge >= 0.3 is 11.9 Å². The van der Waals surface area contributed by atoms with E-state index < -0.39 is 11.9 Å². The normalized spacial score (nSPS) is 11.0. The molecule has 0 aliphatic carbocycles. The fraction of sp³-hybridized carbons (Fsp3) is 0.300. The van der Waals surface area contributed by atoms with E-state index in [-0.39, 0.29) is 23.1 Å². The van der Waals surface area contributed by atoms with E-state index in [0.717, 1.165) is 5.56 Å². The first-order chi connectivity index (χ1) is 11.3. The van der Waals surface area contributed by atoms with Crippen LogP contribution in [0.25, 0.3) is 0 Å². The first-order valence-corrected chi connectivity index (χ1v) is 7.81. The third-order valence-electron chi connectivity index (χ3n) is 3.20. The summed E-state index contributed by atoms with van der Waals surface area (Å²) in [6.45, 7) is 8.09. The van der Waals surface area contributed by atoms with Crippen molar-refractivity contribution >= 4 is 11.9 Å². The average Bonchev–Trinajstić information content (AvgIpc) is 2.52. The van der Waals surface area contributed by atoms with Gasteiger partial charge in [-0.3, -0.25) is 0 Å². The number of aryl methyl sites for hydroxylation is 1. The highest BCUT2D eigenvalue weighted by atomic mass is 16.5. The van der Waals surface area contributed by atoms with Gasteiger partial charge in [-0.25, -0.2) is 9.59 Å². The summed E-state index contributed by atoms with van der Waals surface area (Å²) >= 11 is 0. The van der Waals surface area contributed by atoms with Gasteiger partial charge in [0.25, 0.3) is 0 Å². The highest BCUT2D eigenvalue weighted by Gasteiger charge is 2.21. The first kappa shape index (κ1) is 17.7. The number of esters is 2. The molecule has 2 rings (SSSR count). The van der Waals surface area contributed by atoms with Gasteiger partial charge in [-0.2, -0.15) is 0 Å². The Morgan fingerprint density at radius 2 is 1.54 bits per heavy atom. The second-order valence-corrected chi connectivity index (χ2v) is 6.89. The van der Waals surface area contributed by atoms with Gasteiger partial charge < -0.3 is 9.47 Å². The molecule has 2 aromatic carbocycles. The van der Waals surface area contributed by atoms with E-state index in [0.29, 0.717) is 5.75 Å². The van der Waals surface area contributed by atoms with Gasteiger partial charge in [0.2, 0.25) is 0 Å². The monoisotopic (exact) mass is 326 g/mol. The van der Waals surface area contributed by atoms with Crippen LogP contribution in [-0.4, -0.2) is 18.5 Å². The Morgan fingerprint density at radius 3 is 2.12 bits per heavy atom. The molecule has 24 heavy (non-hydrogen) atoms. The first-order valence-electron chi connectivity index (χ1n) is 7.81. The highest BCUT2D eigenvalue weighted by molar-refractivity contribution is 6.03. The second-order valence-electron chi connectivity index (χ2n) is 6.89. The van der Waals surface area contributed by atoms with E-state index in [2.05, 4.69) is 0 Å². The van der Waals surface area contributed by atoms with E-state index in [1.807, 2.05) is 33.8 Å². The molecule has 4 nitrogen and oxygen atoms in total. The van der Waals surface area contributed by atoms with E-state index in [4.69, 9.17) is 9.47 Å². The van der Waals surface area contributed by atoms with E-state index >= 15 is 0 Å². The lowest BCUT2D eigenvalue weighted by Crippen LogP contribution is -2.21. The molecule has 0 amide bonds. The number of hydrogen-bond acceptors (Lipinski definition) is 4. The topological polar surface area (TPSA) is 52.6 Å². The van der Waals surface area contributed by atoms with Crippen molar-refractivity contribution in [2.24, 2.45) is 5.41 Å². The molecule has 0 spiro atoms. The number of ether oxygens (including phenoxy) is 2. The molecule has 2 aromatic rings. The van der Waals surface area contributed by atoms with Gasteiger partial charge in [-0.15, -0.1) is 0 Å². The molecule has 4 heteroatoms.